The zero-order chi connectivity index (χ0) is 15.8. The summed E-state index contributed by atoms with van der Waals surface area (Å²) in [6, 6.07) is 4.83. The summed E-state index contributed by atoms with van der Waals surface area (Å²) in [6.45, 7) is 4.38. The van der Waals surface area contributed by atoms with Crippen LogP contribution in [0.15, 0.2) is 18.2 Å². The van der Waals surface area contributed by atoms with Gasteiger partial charge in [-0.3, -0.25) is 15.6 Å². The van der Waals surface area contributed by atoms with Gasteiger partial charge in [0.25, 0.3) is 5.91 Å². The molecule has 1 atom stereocenters. The minimum Gasteiger partial charge on any atom is -0.479 e. The Morgan fingerprint density at radius 2 is 2.05 bits per heavy atom. The second-order valence-corrected chi connectivity index (χ2v) is 5.32. The van der Waals surface area contributed by atoms with E-state index in [1.54, 1.807) is 18.2 Å². The van der Waals surface area contributed by atoms with Crippen molar-refractivity contribution in [2.45, 2.75) is 26.4 Å². The molecule has 0 aliphatic rings. The zero-order valence-electron chi connectivity index (χ0n) is 11.7. The fourth-order valence-electron chi connectivity index (χ4n) is 1.45. The lowest BCUT2D eigenvalue weighted by Crippen LogP contribution is -2.51. The second kappa shape index (κ2) is 8.92. The number of rotatable bonds is 5. The van der Waals surface area contributed by atoms with Crippen molar-refractivity contribution in [3.63, 3.8) is 0 Å². The molecule has 0 radical (unpaired) electrons. The molecule has 0 saturated carbocycles. The van der Waals surface area contributed by atoms with Crippen molar-refractivity contribution in [1.82, 2.24) is 16.2 Å². The first kappa shape index (κ1) is 17.8. The molecule has 0 aromatic heterocycles. The molecule has 0 aliphatic carbocycles. The number of hydrazine groups is 1. The van der Waals surface area contributed by atoms with Crippen LogP contribution in [0.5, 0.6) is 5.75 Å². The van der Waals surface area contributed by atoms with E-state index in [2.05, 4.69) is 16.2 Å². The lowest BCUT2D eigenvalue weighted by Gasteiger charge is -2.19. The number of hydrogen-bond donors (Lipinski definition) is 3. The third-order valence-corrected chi connectivity index (χ3v) is 3.26. The third-order valence-electron chi connectivity index (χ3n) is 2.46. The molecular weight excluding hydrogens is 333 g/mol. The number of hydrogen-bond acceptors (Lipinski definition) is 3. The Bertz CT molecular complexity index is 514. The molecule has 1 aromatic rings. The summed E-state index contributed by atoms with van der Waals surface area (Å²) in [5.74, 6) is 0.00854. The summed E-state index contributed by atoms with van der Waals surface area (Å²) >= 11 is 16.8. The van der Waals surface area contributed by atoms with Crippen molar-refractivity contribution < 1.29 is 9.53 Å². The zero-order valence-corrected chi connectivity index (χ0v) is 14.0. The number of amides is 1. The van der Waals surface area contributed by atoms with E-state index in [0.717, 1.165) is 0 Å². The molecule has 8 heteroatoms. The summed E-state index contributed by atoms with van der Waals surface area (Å²) < 4.78 is 5.60. The Labute approximate surface area is 139 Å². The Balaban J connectivity index is 2.63. The van der Waals surface area contributed by atoms with Crippen LogP contribution < -0.4 is 20.9 Å². The Kier molecular flexibility index (Phi) is 7.56. The normalized spacial score (nSPS) is 11.4. The fraction of sp³-hybridized carbons (Fsp3) is 0.385. The van der Waals surface area contributed by atoms with E-state index in [1.165, 1.54) is 0 Å². The predicted octanol–water partition coefficient (Wildman–Crippen LogP) is 2.67. The van der Waals surface area contributed by atoms with E-state index in [9.17, 15) is 4.79 Å². The van der Waals surface area contributed by atoms with Gasteiger partial charge in [-0.15, -0.1) is 0 Å². The summed E-state index contributed by atoms with van der Waals surface area (Å²) in [6.07, 6.45) is -0.248. The maximum Gasteiger partial charge on any atom is 0.279 e. The number of carbonyl (C=O) groups is 1. The van der Waals surface area contributed by atoms with Crippen molar-refractivity contribution in [3.05, 3.63) is 28.2 Å². The summed E-state index contributed by atoms with van der Waals surface area (Å²) in [4.78, 5) is 12.0. The maximum absolute atomic E-state index is 12.0. The number of carbonyl (C=O) groups excluding carboxylic acids is 1. The van der Waals surface area contributed by atoms with Crippen LogP contribution in [0.1, 0.15) is 20.3 Å². The first-order chi connectivity index (χ1) is 9.97. The molecule has 116 valence electrons. The van der Waals surface area contributed by atoms with Gasteiger partial charge in [-0.05, 0) is 37.7 Å². The Morgan fingerprint density at radius 1 is 1.33 bits per heavy atom. The van der Waals surface area contributed by atoms with E-state index < -0.39 is 6.10 Å². The van der Waals surface area contributed by atoms with Gasteiger partial charge >= 0.3 is 0 Å². The fourth-order valence-corrected chi connectivity index (χ4v) is 1.97. The molecule has 0 heterocycles. The quantitative estimate of drug-likeness (QED) is 0.563. The molecule has 0 aliphatic heterocycles. The SMILES string of the molecule is CCNC(=S)NNC(=O)[C@H](CC)Oc1cc(Cl)ccc1Cl. The standard InChI is InChI=1S/C13H17Cl2N3O2S/c1-3-10(12(19)17-18-13(21)16-4-2)20-11-7-8(14)5-6-9(11)15/h5-7,10H,3-4H2,1-2H3,(H,17,19)(H2,16,18,21)/t10-/m0/s1. The molecule has 1 rings (SSSR count). The van der Waals surface area contributed by atoms with Gasteiger partial charge in [0.05, 0.1) is 5.02 Å². The highest BCUT2D eigenvalue weighted by atomic mass is 35.5. The van der Waals surface area contributed by atoms with Gasteiger partial charge in [-0.25, -0.2) is 0 Å². The van der Waals surface area contributed by atoms with Crippen molar-refractivity contribution in [1.29, 1.82) is 0 Å². The molecule has 0 unspecified atom stereocenters. The molecule has 1 aromatic carbocycles. The summed E-state index contributed by atoms with van der Waals surface area (Å²) in [7, 11) is 0. The molecule has 1 amide bonds. The average Bonchev–Trinajstić information content (AvgIpc) is 2.46. The van der Waals surface area contributed by atoms with Crippen molar-refractivity contribution in [3.8, 4) is 5.75 Å². The van der Waals surface area contributed by atoms with Crippen molar-refractivity contribution in [2.75, 3.05) is 6.54 Å². The van der Waals surface area contributed by atoms with Crippen molar-refractivity contribution in [2.24, 2.45) is 0 Å². The van der Waals surface area contributed by atoms with E-state index in [-0.39, 0.29) is 5.91 Å². The average molecular weight is 350 g/mol. The van der Waals surface area contributed by atoms with Gasteiger partial charge in [0, 0.05) is 17.6 Å². The maximum atomic E-state index is 12.0. The van der Waals surface area contributed by atoms with Crippen LogP contribution in [-0.4, -0.2) is 23.7 Å². The largest absolute Gasteiger partial charge is 0.479 e. The number of thiocarbonyl (C=S) groups is 1. The van der Waals surface area contributed by atoms with Gasteiger partial charge in [0.15, 0.2) is 11.2 Å². The van der Waals surface area contributed by atoms with Crippen LogP contribution >= 0.6 is 35.4 Å². The highest BCUT2D eigenvalue weighted by Crippen LogP contribution is 2.28. The highest BCUT2D eigenvalue weighted by molar-refractivity contribution is 7.80. The van der Waals surface area contributed by atoms with Crippen LogP contribution in [0.25, 0.3) is 0 Å². The Morgan fingerprint density at radius 3 is 2.67 bits per heavy atom. The van der Waals surface area contributed by atoms with Crippen molar-refractivity contribution >= 4 is 46.4 Å². The minimum atomic E-state index is -0.710. The molecule has 0 bridgehead atoms. The topological polar surface area (TPSA) is 62.4 Å². The van der Waals surface area contributed by atoms with Gasteiger partial charge in [0.1, 0.15) is 5.75 Å². The predicted molar refractivity (Wildman–Crippen MR) is 88.7 cm³/mol. The molecular formula is C13H17Cl2N3O2S. The Hall–Kier alpha value is -1.24. The van der Waals surface area contributed by atoms with Gasteiger partial charge in [-0.2, -0.15) is 0 Å². The molecule has 0 saturated heterocycles. The van der Waals surface area contributed by atoms with Crippen LogP contribution in [0.2, 0.25) is 10.0 Å². The molecule has 0 spiro atoms. The first-order valence-electron chi connectivity index (χ1n) is 6.43. The van der Waals surface area contributed by atoms with E-state index in [0.29, 0.717) is 33.9 Å². The van der Waals surface area contributed by atoms with Crippen LogP contribution in [0.4, 0.5) is 0 Å². The van der Waals surface area contributed by atoms with Crippen LogP contribution in [0.3, 0.4) is 0 Å². The first-order valence-corrected chi connectivity index (χ1v) is 7.59. The monoisotopic (exact) mass is 349 g/mol. The lowest BCUT2D eigenvalue weighted by molar-refractivity contribution is -0.128. The molecule has 0 fully saturated rings. The summed E-state index contributed by atoms with van der Waals surface area (Å²) in [5, 5.41) is 4.06. The highest BCUT2D eigenvalue weighted by Gasteiger charge is 2.19. The van der Waals surface area contributed by atoms with Crippen LogP contribution in [0, 0.1) is 0 Å². The lowest BCUT2D eigenvalue weighted by atomic mass is 10.2. The van der Waals surface area contributed by atoms with E-state index in [1.807, 2.05) is 13.8 Å². The molecule has 5 nitrogen and oxygen atoms in total. The van der Waals surface area contributed by atoms with Gasteiger partial charge in [0.2, 0.25) is 0 Å². The van der Waals surface area contributed by atoms with Crippen LogP contribution in [-0.2, 0) is 4.79 Å². The number of nitrogens with one attached hydrogen (secondary N) is 3. The minimum absolute atomic E-state index is 0.335. The number of ether oxygens (including phenoxy) is 1. The van der Waals surface area contributed by atoms with E-state index >= 15 is 0 Å². The second-order valence-electron chi connectivity index (χ2n) is 4.06. The summed E-state index contributed by atoms with van der Waals surface area (Å²) in [5.41, 5.74) is 5.07. The molecule has 21 heavy (non-hydrogen) atoms. The third kappa shape index (κ3) is 5.95. The van der Waals surface area contributed by atoms with Gasteiger partial charge in [-0.1, -0.05) is 30.1 Å². The molecule has 3 N–H and O–H groups in total. The number of halogens is 2. The van der Waals surface area contributed by atoms with Gasteiger partial charge < -0.3 is 10.1 Å². The van der Waals surface area contributed by atoms with E-state index in [4.69, 9.17) is 40.2 Å². The smallest absolute Gasteiger partial charge is 0.279 e. The number of benzene rings is 1.